The van der Waals surface area contributed by atoms with E-state index >= 15 is 0 Å². The molecule has 2 aromatic carbocycles. The van der Waals surface area contributed by atoms with Crippen LogP contribution in [0.4, 0.5) is 0 Å². The number of nitrogens with one attached hydrogen (secondary N) is 2. The van der Waals surface area contributed by atoms with Gasteiger partial charge < -0.3 is 15.0 Å². The molecule has 3 rings (SSSR count). The van der Waals surface area contributed by atoms with E-state index in [1.807, 2.05) is 42.8 Å². The summed E-state index contributed by atoms with van der Waals surface area (Å²) < 4.78 is 5.26. The Kier molecular flexibility index (Phi) is 5.11. The normalized spacial score (nSPS) is 10.8. The number of amides is 1. The number of rotatable bonds is 6. The van der Waals surface area contributed by atoms with Gasteiger partial charge in [-0.05, 0) is 47.7 Å². The second-order valence-corrected chi connectivity index (χ2v) is 6.41. The lowest BCUT2D eigenvalue weighted by molar-refractivity contribution is -0.120. The van der Waals surface area contributed by atoms with E-state index in [2.05, 4.69) is 22.4 Å². The topological polar surface area (TPSA) is 54.1 Å². The largest absolute Gasteiger partial charge is 0.497 e. The number of methoxy groups -OCH3 is 1. The summed E-state index contributed by atoms with van der Waals surface area (Å²) in [7, 11) is 1.64. The number of hydrogen-bond donors (Lipinski definition) is 2. The third-order valence-corrected chi connectivity index (χ3v) is 4.72. The number of aromatic amines is 1. The molecule has 2 N–H and O–H groups in total. The number of ether oxygens (including phenoxy) is 1. The Morgan fingerprint density at radius 1 is 1.21 bits per heavy atom. The first-order valence-electron chi connectivity index (χ1n) is 7.73. The van der Waals surface area contributed by atoms with Gasteiger partial charge in [0.05, 0.1) is 13.5 Å². The lowest BCUT2D eigenvalue weighted by Crippen LogP contribution is -2.24. The summed E-state index contributed by atoms with van der Waals surface area (Å²) in [5, 5.41) is 4.00. The molecule has 5 heteroatoms. The highest BCUT2D eigenvalue weighted by Gasteiger charge is 2.09. The number of carbonyl (C=O) groups is 1. The van der Waals surface area contributed by atoms with E-state index in [1.54, 1.807) is 18.9 Å². The standard InChI is InChI=1S/C19H20N2O2S/c1-23-15-5-8-18-17(10-15)14(12-20-18)9-19(22)21-11-13-3-6-16(24-2)7-4-13/h3-8,10,12,20H,9,11H2,1-2H3,(H,21,22). The van der Waals surface area contributed by atoms with Crippen LogP contribution in [-0.2, 0) is 17.8 Å². The third-order valence-electron chi connectivity index (χ3n) is 3.97. The number of hydrogen-bond acceptors (Lipinski definition) is 3. The number of H-pyrrole nitrogens is 1. The van der Waals surface area contributed by atoms with Gasteiger partial charge in [0, 0.05) is 28.5 Å². The molecule has 1 aromatic heterocycles. The molecule has 4 nitrogen and oxygen atoms in total. The fourth-order valence-corrected chi connectivity index (χ4v) is 3.02. The van der Waals surface area contributed by atoms with Crippen LogP contribution in [0.1, 0.15) is 11.1 Å². The lowest BCUT2D eigenvalue weighted by Gasteiger charge is -2.06. The molecule has 0 bridgehead atoms. The minimum atomic E-state index is 0.00710. The first-order chi connectivity index (χ1) is 11.7. The van der Waals surface area contributed by atoms with Gasteiger partial charge in [-0.15, -0.1) is 11.8 Å². The molecule has 3 aromatic rings. The molecule has 0 aliphatic carbocycles. The van der Waals surface area contributed by atoms with Crippen LogP contribution in [-0.4, -0.2) is 24.3 Å². The zero-order chi connectivity index (χ0) is 16.9. The lowest BCUT2D eigenvalue weighted by atomic mass is 10.1. The van der Waals surface area contributed by atoms with E-state index in [4.69, 9.17) is 4.74 Å². The van der Waals surface area contributed by atoms with Crippen LogP contribution in [0.2, 0.25) is 0 Å². The van der Waals surface area contributed by atoms with Crippen molar-refractivity contribution in [3.63, 3.8) is 0 Å². The van der Waals surface area contributed by atoms with E-state index in [0.717, 1.165) is 27.8 Å². The fraction of sp³-hybridized carbons (Fsp3) is 0.211. The van der Waals surface area contributed by atoms with Crippen molar-refractivity contribution in [1.82, 2.24) is 10.3 Å². The second kappa shape index (κ2) is 7.45. The monoisotopic (exact) mass is 340 g/mol. The quantitative estimate of drug-likeness (QED) is 0.672. The van der Waals surface area contributed by atoms with Gasteiger partial charge in [-0.1, -0.05) is 12.1 Å². The number of fused-ring (bicyclic) bond motifs is 1. The second-order valence-electron chi connectivity index (χ2n) is 5.53. The average Bonchev–Trinajstić information content (AvgIpc) is 3.02. The van der Waals surface area contributed by atoms with Crippen molar-refractivity contribution in [3.05, 3.63) is 59.8 Å². The predicted molar refractivity (Wildman–Crippen MR) is 98.6 cm³/mol. The van der Waals surface area contributed by atoms with Crippen molar-refractivity contribution >= 4 is 28.6 Å². The fourth-order valence-electron chi connectivity index (χ4n) is 2.61. The Bertz CT molecular complexity index is 840. The molecule has 1 heterocycles. The van der Waals surface area contributed by atoms with Crippen LogP contribution in [0.3, 0.4) is 0 Å². The highest BCUT2D eigenvalue weighted by atomic mass is 32.2. The molecule has 0 spiro atoms. The maximum atomic E-state index is 12.2. The molecule has 124 valence electrons. The van der Waals surface area contributed by atoms with Crippen LogP contribution in [0.25, 0.3) is 10.9 Å². The molecule has 0 unspecified atom stereocenters. The van der Waals surface area contributed by atoms with Gasteiger partial charge >= 0.3 is 0 Å². The van der Waals surface area contributed by atoms with Gasteiger partial charge in [-0.2, -0.15) is 0 Å². The van der Waals surface area contributed by atoms with Crippen molar-refractivity contribution in [2.75, 3.05) is 13.4 Å². The van der Waals surface area contributed by atoms with Crippen molar-refractivity contribution in [1.29, 1.82) is 0 Å². The average molecular weight is 340 g/mol. The van der Waals surface area contributed by atoms with Crippen molar-refractivity contribution in [2.45, 2.75) is 17.9 Å². The van der Waals surface area contributed by atoms with Crippen molar-refractivity contribution in [3.8, 4) is 5.75 Å². The van der Waals surface area contributed by atoms with E-state index in [9.17, 15) is 4.79 Å². The van der Waals surface area contributed by atoms with Crippen LogP contribution in [0.15, 0.2) is 53.6 Å². The van der Waals surface area contributed by atoms with Crippen LogP contribution >= 0.6 is 11.8 Å². The van der Waals surface area contributed by atoms with E-state index < -0.39 is 0 Å². The Balaban J connectivity index is 1.64. The Labute approximate surface area is 145 Å². The summed E-state index contributed by atoms with van der Waals surface area (Å²) in [5.41, 5.74) is 3.08. The molecule has 0 radical (unpaired) electrons. The maximum absolute atomic E-state index is 12.2. The van der Waals surface area contributed by atoms with Crippen molar-refractivity contribution in [2.24, 2.45) is 0 Å². The molecule has 0 atom stereocenters. The zero-order valence-corrected chi connectivity index (χ0v) is 14.6. The molecule has 0 aliphatic rings. The molecule has 0 saturated carbocycles. The summed E-state index contributed by atoms with van der Waals surface area (Å²) in [5.74, 6) is 0.797. The smallest absolute Gasteiger partial charge is 0.224 e. The Morgan fingerprint density at radius 3 is 2.71 bits per heavy atom. The SMILES string of the molecule is COc1ccc2[nH]cc(CC(=O)NCc3ccc(SC)cc3)c2c1. The minimum absolute atomic E-state index is 0.00710. The Morgan fingerprint density at radius 2 is 2.00 bits per heavy atom. The van der Waals surface area contributed by atoms with Gasteiger partial charge in [-0.3, -0.25) is 4.79 Å². The maximum Gasteiger partial charge on any atom is 0.224 e. The van der Waals surface area contributed by atoms with Gasteiger partial charge in [0.2, 0.25) is 5.91 Å². The summed E-state index contributed by atoms with van der Waals surface area (Å²) >= 11 is 1.71. The number of aromatic nitrogens is 1. The molecular weight excluding hydrogens is 320 g/mol. The number of carbonyl (C=O) groups excluding carboxylic acids is 1. The van der Waals surface area contributed by atoms with Gasteiger partial charge in [0.1, 0.15) is 5.75 Å². The number of benzene rings is 2. The van der Waals surface area contributed by atoms with Crippen molar-refractivity contribution < 1.29 is 9.53 Å². The van der Waals surface area contributed by atoms with E-state index in [0.29, 0.717) is 13.0 Å². The van der Waals surface area contributed by atoms with E-state index in [-0.39, 0.29) is 5.91 Å². The molecular formula is C19H20N2O2S. The first kappa shape index (κ1) is 16.5. The van der Waals surface area contributed by atoms with Gasteiger partial charge in [0.15, 0.2) is 0 Å². The first-order valence-corrected chi connectivity index (χ1v) is 8.95. The predicted octanol–water partition coefficient (Wildman–Crippen LogP) is 3.76. The van der Waals surface area contributed by atoms with Gasteiger partial charge in [-0.25, -0.2) is 0 Å². The third kappa shape index (κ3) is 3.74. The van der Waals surface area contributed by atoms with Gasteiger partial charge in [0.25, 0.3) is 0 Å². The molecule has 0 fully saturated rings. The van der Waals surface area contributed by atoms with E-state index in [1.165, 1.54) is 4.90 Å². The Hall–Kier alpha value is -2.40. The number of thioether (sulfide) groups is 1. The highest BCUT2D eigenvalue weighted by molar-refractivity contribution is 7.98. The minimum Gasteiger partial charge on any atom is -0.497 e. The summed E-state index contributed by atoms with van der Waals surface area (Å²) in [6.07, 6.45) is 4.28. The highest BCUT2D eigenvalue weighted by Crippen LogP contribution is 2.24. The van der Waals surface area contributed by atoms with Crippen LogP contribution in [0, 0.1) is 0 Å². The summed E-state index contributed by atoms with van der Waals surface area (Å²) in [4.78, 5) is 16.7. The van der Waals surface area contributed by atoms with Crippen LogP contribution in [0.5, 0.6) is 5.75 Å². The van der Waals surface area contributed by atoms with Crippen LogP contribution < -0.4 is 10.1 Å². The molecule has 24 heavy (non-hydrogen) atoms. The zero-order valence-electron chi connectivity index (χ0n) is 13.8. The molecule has 0 aliphatic heterocycles. The summed E-state index contributed by atoms with van der Waals surface area (Å²) in [6.45, 7) is 0.541. The summed E-state index contributed by atoms with van der Waals surface area (Å²) in [6, 6.07) is 14.0. The molecule has 1 amide bonds. The molecule has 0 saturated heterocycles.